The van der Waals surface area contributed by atoms with Crippen molar-refractivity contribution in [3.05, 3.63) is 12.2 Å². The summed E-state index contributed by atoms with van der Waals surface area (Å²) < 4.78 is 0. The highest BCUT2D eigenvalue weighted by Crippen LogP contribution is 2.68. The maximum Gasteiger partial charge on any atom is 0.133 e. The van der Waals surface area contributed by atoms with E-state index in [0.717, 1.165) is 42.4 Å². The Labute approximate surface area is 180 Å². The maximum atomic E-state index is 12.1. The Kier molecular flexibility index (Phi) is 5.84. The Balaban J connectivity index is 1.51. The summed E-state index contributed by atoms with van der Waals surface area (Å²) in [6, 6.07) is 0. The number of fused-ring (bicyclic) bond motifs is 5. The molecule has 29 heavy (non-hydrogen) atoms. The van der Waals surface area contributed by atoms with Crippen LogP contribution in [0.1, 0.15) is 99.3 Å². The van der Waals surface area contributed by atoms with Gasteiger partial charge < -0.3 is 0 Å². The molecule has 0 heterocycles. The van der Waals surface area contributed by atoms with Gasteiger partial charge in [-0.25, -0.2) is 0 Å². The Morgan fingerprint density at radius 1 is 0.862 bits per heavy atom. The number of ketones is 1. The van der Waals surface area contributed by atoms with Gasteiger partial charge in [-0.2, -0.15) is 0 Å². The molecule has 0 saturated heterocycles. The van der Waals surface area contributed by atoms with Crippen LogP contribution in [0.5, 0.6) is 0 Å². The van der Waals surface area contributed by atoms with Crippen LogP contribution in [0.2, 0.25) is 0 Å². The maximum absolute atomic E-state index is 12.1. The van der Waals surface area contributed by atoms with Gasteiger partial charge in [-0.05, 0) is 103 Å². The van der Waals surface area contributed by atoms with Crippen molar-refractivity contribution in [1.29, 1.82) is 0 Å². The number of hydrogen-bond acceptors (Lipinski definition) is 1. The van der Waals surface area contributed by atoms with Gasteiger partial charge in [0.1, 0.15) is 5.78 Å². The molecule has 0 radical (unpaired) electrons. The minimum atomic E-state index is 0.453. The Morgan fingerprint density at radius 3 is 2.31 bits per heavy atom. The lowest BCUT2D eigenvalue weighted by atomic mass is 9.44. The van der Waals surface area contributed by atoms with E-state index < -0.39 is 0 Å². The van der Waals surface area contributed by atoms with Crippen LogP contribution in [0.25, 0.3) is 0 Å². The van der Waals surface area contributed by atoms with Crippen LogP contribution in [0.3, 0.4) is 0 Å². The zero-order valence-corrected chi connectivity index (χ0v) is 20.0. The van der Waals surface area contributed by atoms with Crippen LogP contribution in [-0.2, 0) is 4.79 Å². The second-order valence-electron chi connectivity index (χ2n) is 12.5. The van der Waals surface area contributed by atoms with Gasteiger partial charge in [-0.3, -0.25) is 4.79 Å². The molecule has 0 aromatic rings. The molecule has 4 aliphatic rings. The van der Waals surface area contributed by atoms with Crippen molar-refractivity contribution in [1.82, 2.24) is 0 Å². The van der Waals surface area contributed by atoms with E-state index in [9.17, 15) is 4.79 Å². The first-order valence-corrected chi connectivity index (χ1v) is 12.9. The lowest BCUT2D eigenvalue weighted by molar-refractivity contribution is -0.140. The van der Waals surface area contributed by atoms with E-state index in [1.54, 1.807) is 0 Å². The molecule has 0 unspecified atom stereocenters. The summed E-state index contributed by atoms with van der Waals surface area (Å²) in [5, 5.41) is 0. The summed E-state index contributed by atoms with van der Waals surface area (Å²) in [5.74, 6) is 6.97. The van der Waals surface area contributed by atoms with Crippen LogP contribution in [0.15, 0.2) is 12.2 Å². The quantitative estimate of drug-likeness (QED) is 0.443. The van der Waals surface area contributed by atoms with Gasteiger partial charge >= 0.3 is 0 Å². The lowest BCUT2D eigenvalue weighted by Crippen LogP contribution is -2.53. The fourth-order valence-electron chi connectivity index (χ4n) is 8.66. The van der Waals surface area contributed by atoms with Gasteiger partial charge in [0.25, 0.3) is 0 Å². The van der Waals surface area contributed by atoms with Gasteiger partial charge in [-0.15, -0.1) is 0 Å². The first-order valence-electron chi connectivity index (χ1n) is 12.9. The molecule has 0 aromatic carbocycles. The molecule has 0 aromatic heterocycles. The molecular formula is C28H46O. The predicted molar refractivity (Wildman–Crippen MR) is 123 cm³/mol. The zero-order chi connectivity index (χ0) is 21.0. The summed E-state index contributed by atoms with van der Waals surface area (Å²) in [7, 11) is 0. The van der Waals surface area contributed by atoms with Crippen LogP contribution in [0, 0.1) is 58.2 Å². The van der Waals surface area contributed by atoms with Crippen LogP contribution < -0.4 is 0 Å². The normalized spacial score (nSPS) is 47.0. The third kappa shape index (κ3) is 3.57. The van der Waals surface area contributed by atoms with Gasteiger partial charge in [0.2, 0.25) is 0 Å². The summed E-state index contributed by atoms with van der Waals surface area (Å²) in [6.07, 6.45) is 16.5. The molecule has 0 N–H and O–H groups in total. The van der Waals surface area contributed by atoms with Gasteiger partial charge in [0.05, 0.1) is 0 Å². The summed E-state index contributed by atoms with van der Waals surface area (Å²) in [5.41, 5.74) is 0.994. The number of carbonyl (C=O) groups excluding carboxylic acids is 1. The highest BCUT2D eigenvalue weighted by Gasteiger charge is 2.60. The summed E-state index contributed by atoms with van der Waals surface area (Å²) in [4.78, 5) is 12.1. The molecule has 4 aliphatic carbocycles. The number of Topliss-reactive ketones (excluding diaryl/α,β-unsaturated/α-hetero) is 1. The molecular weight excluding hydrogens is 352 g/mol. The molecule has 0 amide bonds. The van der Waals surface area contributed by atoms with E-state index in [0.29, 0.717) is 34.4 Å². The third-order valence-corrected chi connectivity index (χ3v) is 11.0. The van der Waals surface area contributed by atoms with Crippen molar-refractivity contribution >= 4 is 5.78 Å². The highest BCUT2D eigenvalue weighted by atomic mass is 16.1. The summed E-state index contributed by atoms with van der Waals surface area (Å²) >= 11 is 0. The molecule has 1 heteroatoms. The monoisotopic (exact) mass is 398 g/mol. The minimum Gasteiger partial charge on any atom is -0.300 e. The van der Waals surface area contributed by atoms with Crippen LogP contribution >= 0.6 is 0 Å². The van der Waals surface area contributed by atoms with Gasteiger partial charge in [0.15, 0.2) is 0 Å². The van der Waals surface area contributed by atoms with E-state index in [1.165, 1.54) is 44.9 Å². The lowest BCUT2D eigenvalue weighted by Gasteiger charge is -2.60. The molecule has 0 spiro atoms. The van der Waals surface area contributed by atoms with Crippen molar-refractivity contribution in [3.63, 3.8) is 0 Å². The number of hydrogen-bond donors (Lipinski definition) is 0. The smallest absolute Gasteiger partial charge is 0.133 e. The largest absolute Gasteiger partial charge is 0.300 e. The molecule has 164 valence electrons. The molecule has 0 bridgehead atoms. The van der Waals surface area contributed by atoms with Crippen LogP contribution in [-0.4, -0.2) is 5.78 Å². The second kappa shape index (κ2) is 7.83. The summed E-state index contributed by atoms with van der Waals surface area (Å²) in [6.45, 7) is 14.8. The Bertz CT molecular complexity index is 647. The molecule has 4 saturated carbocycles. The second-order valence-corrected chi connectivity index (χ2v) is 12.5. The molecule has 1 nitrogen and oxygen atoms in total. The van der Waals surface area contributed by atoms with Crippen molar-refractivity contribution in [2.45, 2.75) is 99.3 Å². The van der Waals surface area contributed by atoms with E-state index in [4.69, 9.17) is 0 Å². The van der Waals surface area contributed by atoms with Crippen molar-refractivity contribution in [2.24, 2.45) is 58.2 Å². The van der Waals surface area contributed by atoms with E-state index in [1.807, 2.05) is 0 Å². The first kappa shape index (κ1) is 21.6. The van der Waals surface area contributed by atoms with Crippen LogP contribution in [0.4, 0.5) is 0 Å². The van der Waals surface area contributed by atoms with Gasteiger partial charge in [-0.1, -0.05) is 53.7 Å². The molecule has 9 atom stereocenters. The van der Waals surface area contributed by atoms with Crippen molar-refractivity contribution in [2.75, 3.05) is 0 Å². The fraction of sp³-hybridized carbons (Fsp3) is 0.893. The van der Waals surface area contributed by atoms with Gasteiger partial charge in [0, 0.05) is 12.8 Å². The van der Waals surface area contributed by atoms with E-state index in [-0.39, 0.29) is 0 Å². The average molecular weight is 399 g/mol. The number of rotatable bonds is 4. The average Bonchev–Trinajstić information content (AvgIpc) is 3.03. The fourth-order valence-corrected chi connectivity index (χ4v) is 8.66. The highest BCUT2D eigenvalue weighted by molar-refractivity contribution is 5.79. The predicted octanol–water partition coefficient (Wildman–Crippen LogP) is 7.70. The number of allylic oxidation sites excluding steroid dienone is 2. The third-order valence-electron chi connectivity index (χ3n) is 11.0. The Morgan fingerprint density at radius 2 is 1.59 bits per heavy atom. The molecule has 4 fully saturated rings. The van der Waals surface area contributed by atoms with E-state index >= 15 is 0 Å². The van der Waals surface area contributed by atoms with Crippen molar-refractivity contribution < 1.29 is 4.79 Å². The molecule has 4 rings (SSSR count). The first-order chi connectivity index (χ1) is 13.7. The zero-order valence-electron chi connectivity index (χ0n) is 20.0. The molecule has 0 aliphatic heterocycles. The SMILES string of the molecule is CC(C)[C@@H](C)/C=C/[C@@H](C)[C@@H]1CC[C@@H]2[C@@H]3CC[C@H]4CC(=O)CC[C@]4(C)[C@@H]3CC[C@]21C. The minimum absolute atomic E-state index is 0.453. The topological polar surface area (TPSA) is 17.1 Å². The number of carbonyl (C=O) groups is 1. The Hall–Kier alpha value is -0.590. The van der Waals surface area contributed by atoms with Crippen molar-refractivity contribution in [3.8, 4) is 0 Å². The standard InChI is InChI=1S/C28H46O/c1-18(2)19(3)7-8-20(4)24-11-12-25-23-10-9-21-17-22(29)13-15-27(21,5)26(23)14-16-28(24,25)6/h7-8,18-21,23-26H,9-17H2,1-6H3/b8-7+/t19-,20+,21-,23-,24-,25+,26+,27-,28-/m0/s1. The van der Waals surface area contributed by atoms with E-state index in [2.05, 4.69) is 53.7 Å².